The van der Waals surface area contributed by atoms with Crippen LogP contribution in [0.3, 0.4) is 0 Å². The summed E-state index contributed by atoms with van der Waals surface area (Å²) in [6.45, 7) is 0. The van der Waals surface area contributed by atoms with Crippen LogP contribution in [0.2, 0.25) is 0 Å². The summed E-state index contributed by atoms with van der Waals surface area (Å²) in [6.07, 6.45) is 6.40. The molecule has 0 amide bonds. The summed E-state index contributed by atoms with van der Waals surface area (Å²) < 4.78 is 0. The predicted octanol–water partition coefficient (Wildman–Crippen LogP) is 2.37. The molecule has 2 unspecified atom stereocenters. The fourth-order valence-corrected chi connectivity index (χ4v) is 2.41. The Bertz CT molecular complexity index is 273. The third-order valence-electron chi connectivity index (χ3n) is 3.31. The van der Waals surface area contributed by atoms with Gasteiger partial charge in [-0.25, -0.2) is 0 Å². The first-order chi connectivity index (χ1) is 6.86. The van der Waals surface area contributed by atoms with Gasteiger partial charge in [0.25, 0.3) is 0 Å². The molecule has 1 aromatic carbocycles. The number of rotatable bonds is 2. The summed E-state index contributed by atoms with van der Waals surface area (Å²) in [7, 11) is 0. The van der Waals surface area contributed by atoms with Gasteiger partial charge in [0.15, 0.2) is 0 Å². The van der Waals surface area contributed by atoms with Gasteiger partial charge in [0.1, 0.15) is 0 Å². The van der Waals surface area contributed by atoms with Crippen LogP contribution in [0.15, 0.2) is 30.3 Å². The maximum atomic E-state index is 6.13. The van der Waals surface area contributed by atoms with Gasteiger partial charge in [-0.1, -0.05) is 43.2 Å². The van der Waals surface area contributed by atoms with E-state index in [1.54, 1.807) is 0 Å². The molecule has 1 aliphatic rings. The molecule has 0 aromatic heterocycles. The van der Waals surface area contributed by atoms with Crippen LogP contribution in [0.1, 0.15) is 31.2 Å². The molecule has 0 saturated heterocycles. The second-order valence-electron chi connectivity index (χ2n) is 4.40. The minimum absolute atomic E-state index is 0. The van der Waals surface area contributed by atoms with Crippen molar-refractivity contribution in [3.63, 3.8) is 0 Å². The van der Waals surface area contributed by atoms with Gasteiger partial charge in [-0.2, -0.15) is 0 Å². The normalized spacial score (nSPS) is 25.7. The first-order valence-corrected chi connectivity index (χ1v) is 5.66. The van der Waals surface area contributed by atoms with Crippen molar-refractivity contribution >= 4 is 29.6 Å². The van der Waals surface area contributed by atoms with E-state index in [0.29, 0.717) is 12.0 Å². The van der Waals surface area contributed by atoms with Gasteiger partial charge in [0, 0.05) is 35.6 Å². The summed E-state index contributed by atoms with van der Waals surface area (Å²) in [4.78, 5) is 0. The first kappa shape index (κ1) is 13.2. The molecule has 1 nitrogen and oxygen atoms in total. The smallest absolute Gasteiger partial charge is 0.00703 e. The monoisotopic (exact) mass is 212 g/mol. The Labute approximate surface area is 115 Å². The van der Waals surface area contributed by atoms with Gasteiger partial charge >= 0.3 is 0 Å². The SMILES string of the molecule is NC1CCCCC1Cc1ccccc1.[Na]. The van der Waals surface area contributed by atoms with Crippen molar-refractivity contribution < 1.29 is 0 Å². The fraction of sp³-hybridized carbons (Fsp3) is 0.538. The quantitative estimate of drug-likeness (QED) is 0.748. The number of benzene rings is 1. The molecule has 1 aliphatic carbocycles. The first-order valence-electron chi connectivity index (χ1n) is 5.66. The van der Waals surface area contributed by atoms with E-state index in [-0.39, 0.29) is 29.6 Å². The van der Waals surface area contributed by atoms with Crippen LogP contribution in [0, 0.1) is 5.92 Å². The average Bonchev–Trinajstić information content (AvgIpc) is 2.23. The molecule has 1 radical (unpaired) electrons. The molecule has 1 fully saturated rings. The Hall–Kier alpha value is 0.180. The van der Waals surface area contributed by atoms with Crippen molar-refractivity contribution in [2.24, 2.45) is 11.7 Å². The summed E-state index contributed by atoms with van der Waals surface area (Å²) in [5.41, 5.74) is 7.57. The van der Waals surface area contributed by atoms with Gasteiger partial charge in [-0.05, 0) is 30.7 Å². The molecule has 2 atom stereocenters. The van der Waals surface area contributed by atoms with E-state index >= 15 is 0 Å². The molecule has 0 heterocycles. The summed E-state index contributed by atoms with van der Waals surface area (Å²) in [6, 6.07) is 11.2. The second-order valence-corrected chi connectivity index (χ2v) is 4.40. The van der Waals surface area contributed by atoms with Crippen molar-refractivity contribution in [1.82, 2.24) is 0 Å². The third-order valence-corrected chi connectivity index (χ3v) is 3.31. The Morgan fingerprint density at radius 1 is 1.07 bits per heavy atom. The number of nitrogens with two attached hydrogens (primary N) is 1. The minimum atomic E-state index is 0. The van der Waals surface area contributed by atoms with Crippen molar-refractivity contribution in [2.45, 2.75) is 38.1 Å². The topological polar surface area (TPSA) is 26.0 Å². The minimum Gasteiger partial charge on any atom is -0.327 e. The van der Waals surface area contributed by atoms with Gasteiger partial charge in [0.2, 0.25) is 0 Å². The van der Waals surface area contributed by atoms with Crippen LogP contribution < -0.4 is 5.73 Å². The average molecular weight is 212 g/mol. The molecule has 1 aromatic rings. The maximum Gasteiger partial charge on any atom is 0.00703 e. The van der Waals surface area contributed by atoms with Crippen molar-refractivity contribution in [2.75, 3.05) is 0 Å². The zero-order valence-corrected chi connectivity index (χ0v) is 11.7. The number of hydrogen-bond donors (Lipinski definition) is 1. The van der Waals surface area contributed by atoms with E-state index in [1.165, 1.54) is 37.7 Å². The molecule has 2 rings (SSSR count). The molecular weight excluding hydrogens is 193 g/mol. The Kier molecular flexibility index (Phi) is 5.91. The predicted molar refractivity (Wildman–Crippen MR) is 65.8 cm³/mol. The van der Waals surface area contributed by atoms with Gasteiger partial charge in [-0.15, -0.1) is 0 Å². The zero-order chi connectivity index (χ0) is 9.80. The summed E-state index contributed by atoms with van der Waals surface area (Å²) in [5.74, 6) is 0.714. The Balaban J connectivity index is 0.00000112. The molecule has 2 N–H and O–H groups in total. The largest absolute Gasteiger partial charge is 0.327 e. The van der Waals surface area contributed by atoms with Crippen LogP contribution in [0.25, 0.3) is 0 Å². The summed E-state index contributed by atoms with van der Waals surface area (Å²) in [5, 5.41) is 0. The van der Waals surface area contributed by atoms with E-state index in [1.807, 2.05) is 0 Å². The third kappa shape index (κ3) is 3.92. The van der Waals surface area contributed by atoms with Crippen LogP contribution >= 0.6 is 0 Å². The van der Waals surface area contributed by atoms with E-state index in [4.69, 9.17) is 5.73 Å². The molecule has 0 aliphatic heterocycles. The van der Waals surface area contributed by atoms with E-state index in [2.05, 4.69) is 30.3 Å². The van der Waals surface area contributed by atoms with Crippen molar-refractivity contribution in [3.05, 3.63) is 35.9 Å². The van der Waals surface area contributed by atoms with Crippen molar-refractivity contribution in [3.8, 4) is 0 Å². The van der Waals surface area contributed by atoms with Gasteiger partial charge in [0.05, 0.1) is 0 Å². The Morgan fingerprint density at radius 2 is 1.73 bits per heavy atom. The molecule has 0 bridgehead atoms. The van der Waals surface area contributed by atoms with Crippen LogP contribution in [0.4, 0.5) is 0 Å². The van der Waals surface area contributed by atoms with Crippen molar-refractivity contribution in [1.29, 1.82) is 0 Å². The van der Waals surface area contributed by atoms with Crippen LogP contribution in [-0.2, 0) is 6.42 Å². The second kappa shape index (κ2) is 6.70. The molecule has 77 valence electrons. The maximum absolute atomic E-state index is 6.13. The van der Waals surface area contributed by atoms with Gasteiger partial charge < -0.3 is 5.73 Å². The molecule has 15 heavy (non-hydrogen) atoms. The molecular formula is C13H19NNa. The molecule has 2 heteroatoms. The van der Waals surface area contributed by atoms with Crippen LogP contribution in [-0.4, -0.2) is 35.6 Å². The fourth-order valence-electron chi connectivity index (χ4n) is 2.41. The molecule has 0 spiro atoms. The van der Waals surface area contributed by atoms with Gasteiger partial charge in [-0.3, -0.25) is 0 Å². The summed E-state index contributed by atoms with van der Waals surface area (Å²) >= 11 is 0. The zero-order valence-electron chi connectivity index (χ0n) is 9.65. The van der Waals surface area contributed by atoms with E-state index in [9.17, 15) is 0 Å². The van der Waals surface area contributed by atoms with Crippen LogP contribution in [0.5, 0.6) is 0 Å². The Morgan fingerprint density at radius 3 is 2.40 bits per heavy atom. The number of hydrogen-bond acceptors (Lipinski definition) is 1. The molecule has 1 saturated carbocycles. The van der Waals surface area contributed by atoms with E-state index in [0.717, 1.165) is 0 Å². The van der Waals surface area contributed by atoms with E-state index < -0.39 is 0 Å². The standard InChI is InChI=1S/C13H19N.Na/c14-13-9-5-4-8-12(13)10-11-6-2-1-3-7-11;/h1-3,6-7,12-13H,4-5,8-10,14H2;.